The molecule has 8 heteroatoms. The molecular weight excluding hydrogens is 338 g/mol. The summed E-state index contributed by atoms with van der Waals surface area (Å²) in [5, 5.41) is 4.24. The summed E-state index contributed by atoms with van der Waals surface area (Å²) < 4.78 is 23.2. The molecule has 0 spiro atoms. The topological polar surface area (TPSA) is 110 Å². The molecule has 25 heavy (non-hydrogen) atoms. The molecule has 3 heterocycles. The van der Waals surface area contributed by atoms with Gasteiger partial charge in [-0.25, -0.2) is 13.4 Å². The van der Waals surface area contributed by atoms with E-state index in [9.17, 15) is 8.42 Å². The summed E-state index contributed by atoms with van der Waals surface area (Å²) in [6.45, 7) is 0.674. The summed E-state index contributed by atoms with van der Waals surface area (Å²) >= 11 is 0. The molecule has 4 rings (SSSR count). The van der Waals surface area contributed by atoms with E-state index in [4.69, 9.17) is 5.73 Å². The maximum absolute atomic E-state index is 11.6. The Balaban J connectivity index is 1.64. The van der Waals surface area contributed by atoms with Crippen molar-refractivity contribution in [3.8, 4) is 0 Å². The van der Waals surface area contributed by atoms with Crippen molar-refractivity contribution in [1.82, 2.24) is 9.97 Å². The minimum atomic E-state index is -2.89. The zero-order valence-electron chi connectivity index (χ0n) is 13.6. The van der Waals surface area contributed by atoms with Gasteiger partial charge in [0.2, 0.25) is 5.95 Å². The Morgan fingerprint density at radius 2 is 1.96 bits per heavy atom. The number of sulfone groups is 1. The quantitative estimate of drug-likeness (QED) is 0.864. The number of nitrogens with two attached hydrogens (primary N) is 1. The molecule has 2 aliphatic heterocycles. The summed E-state index contributed by atoms with van der Waals surface area (Å²) in [6, 6.07) is 6.07. The molecule has 0 amide bonds. The minimum Gasteiger partial charge on any atom is -0.368 e. The van der Waals surface area contributed by atoms with Gasteiger partial charge in [0.1, 0.15) is 15.7 Å². The highest BCUT2D eigenvalue weighted by molar-refractivity contribution is 7.91. The van der Waals surface area contributed by atoms with Gasteiger partial charge in [-0.3, -0.25) is 4.99 Å². The van der Waals surface area contributed by atoms with Gasteiger partial charge in [0, 0.05) is 17.6 Å². The van der Waals surface area contributed by atoms with Crippen molar-refractivity contribution in [3.63, 3.8) is 0 Å². The molecule has 1 fully saturated rings. The van der Waals surface area contributed by atoms with Crippen LogP contribution in [0.5, 0.6) is 0 Å². The zero-order valence-corrected chi connectivity index (χ0v) is 14.5. The predicted octanol–water partition coefficient (Wildman–Crippen LogP) is 1.67. The number of nitrogen functional groups attached to an aromatic ring is 1. The summed E-state index contributed by atoms with van der Waals surface area (Å²) in [6.07, 6.45) is 4.96. The highest BCUT2D eigenvalue weighted by Gasteiger charge is 2.24. The summed E-state index contributed by atoms with van der Waals surface area (Å²) in [5.41, 5.74) is 8.86. The fourth-order valence-corrected chi connectivity index (χ4v) is 4.71. The number of fused-ring (bicyclic) bond motifs is 1. The maximum Gasteiger partial charge on any atom is 0.222 e. The Morgan fingerprint density at radius 1 is 1.16 bits per heavy atom. The van der Waals surface area contributed by atoms with Crippen LogP contribution in [0.2, 0.25) is 0 Å². The molecular formula is C17H19N5O2S. The van der Waals surface area contributed by atoms with E-state index in [1.807, 2.05) is 24.3 Å². The number of hydrogen-bond acceptors (Lipinski definition) is 7. The average Bonchev–Trinajstić information content (AvgIpc) is 3.10. The molecule has 1 aromatic heterocycles. The fraction of sp³-hybridized carbons (Fsp3) is 0.353. The van der Waals surface area contributed by atoms with E-state index in [1.54, 1.807) is 6.21 Å². The number of anilines is 2. The molecule has 1 saturated heterocycles. The first kappa shape index (κ1) is 16.0. The summed E-state index contributed by atoms with van der Waals surface area (Å²) in [4.78, 5) is 12.9. The van der Waals surface area contributed by atoms with Crippen LogP contribution >= 0.6 is 0 Å². The van der Waals surface area contributed by atoms with Gasteiger partial charge in [-0.05, 0) is 42.2 Å². The standard InChI is InChI=1S/C17H19N5O2S/c18-17-21-15-9-11(12-3-6-19-10-12)1-2-14(15)16(22-17)20-13-4-7-25(23,24)8-5-13/h1-3,6,9,13H,4-5,7-8,10H2,(H3,18,20,21,22). The van der Waals surface area contributed by atoms with Crippen molar-refractivity contribution in [2.24, 2.45) is 4.99 Å². The van der Waals surface area contributed by atoms with E-state index in [-0.39, 0.29) is 23.5 Å². The first-order valence-electron chi connectivity index (χ1n) is 8.24. The second kappa shape index (κ2) is 6.11. The van der Waals surface area contributed by atoms with Crippen molar-refractivity contribution >= 4 is 44.3 Å². The Labute approximate surface area is 146 Å². The van der Waals surface area contributed by atoms with E-state index < -0.39 is 9.84 Å². The van der Waals surface area contributed by atoms with E-state index in [2.05, 4.69) is 20.3 Å². The van der Waals surface area contributed by atoms with Gasteiger partial charge in [-0.15, -0.1) is 0 Å². The van der Waals surface area contributed by atoms with E-state index in [0.717, 1.165) is 22.0 Å². The number of aliphatic imine (C=N–C) groups is 1. The van der Waals surface area contributed by atoms with Gasteiger partial charge < -0.3 is 11.1 Å². The van der Waals surface area contributed by atoms with Crippen LogP contribution in [0, 0.1) is 0 Å². The van der Waals surface area contributed by atoms with Crippen LogP contribution in [0.3, 0.4) is 0 Å². The molecule has 130 valence electrons. The van der Waals surface area contributed by atoms with Crippen LogP contribution in [0.4, 0.5) is 11.8 Å². The van der Waals surface area contributed by atoms with Crippen molar-refractivity contribution in [3.05, 3.63) is 29.8 Å². The van der Waals surface area contributed by atoms with E-state index in [0.29, 0.717) is 25.2 Å². The van der Waals surface area contributed by atoms with Gasteiger partial charge in [0.15, 0.2) is 0 Å². The number of allylic oxidation sites excluding steroid dienone is 1. The third-order valence-electron chi connectivity index (χ3n) is 4.62. The van der Waals surface area contributed by atoms with Gasteiger partial charge in [-0.1, -0.05) is 6.07 Å². The SMILES string of the molecule is Nc1nc(NC2CCS(=O)(=O)CC2)c2ccc(C3=CC=NC3)cc2n1. The highest BCUT2D eigenvalue weighted by Crippen LogP contribution is 2.28. The molecule has 0 saturated carbocycles. The Bertz CT molecular complexity index is 984. The number of hydrogen-bond donors (Lipinski definition) is 2. The monoisotopic (exact) mass is 357 g/mol. The number of aromatic nitrogens is 2. The lowest BCUT2D eigenvalue weighted by Gasteiger charge is -2.24. The zero-order chi connectivity index (χ0) is 17.4. The van der Waals surface area contributed by atoms with Gasteiger partial charge in [0.05, 0.1) is 23.6 Å². The fourth-order valence-electron chi connectivity index (χ4n) is 3.22. The van der Waals surface area contributed by atoms with E-state index >= 15 is 0 Å². The number of benzene rings is 1. The van der Waals surface area contributed by atoms with Gasteiger partial charge >= 0.3 is 0 Å². The smallest absolute Gasteiger partial charge is 0.222 e. The van der Waals surface area contributed by atoms with Crippen LogP contribution in [-0.4, -0.2) is 48.7 Å². The third kappa shape index (κ3) is 3.34. The van der Waals surface area contributed by atoms with E-state index in [1.165, 1.54) is 0 Å². The molecule has 2 aromatic rings. The Kier molecular flexibility index (Phi) is 3.91. The van der Waals surface area contributed by atoms with Crippen molar-refractivity contribution in [1.29, 1.82) is 0 Å². The molecule has 0 radical (unpaired) electrons. The minimum absolute atomic E-state index is 0.0756. The van der Waals surface area contributed by atoms with Crippen LogP contribution in [0.15, 0.2) is 29.3 Å². The van der Waals surface area contributed by atoms with Crippen LogP contribution in [-0.2, 0) is 9.84 Å². The van der Waals surface area contributed by atoms with Crippen LogP contribution < -0.4 is 11.1 Å². The first-order chi connectivity index (χ1) is 12.0. The molecule has 2 aliphatic rings. The highest BCUT2D eigenvalue weighted by atomic mass is 32.2. The molecule has 1 aromatic carbocycles. The Morgan fingerprint density at radius 3 is 2.68 bits per heavy atom. The lowest BCUT2D eigenvalue weighted by atomic mass is 10.0. The maximum atomic E-state index is 11.6. The van der Waals surface area contributed by atoms with Crippen LogP contribution in [0.25, 0.3) is 16.5 Å². The molecule has 3 N–H and O–H groups in total. The molecule has 0 atom stereocenters. The molecule has 0 unspecified atom stereocenters. The second-order valence-electron chi connectivity index (χ2n) is 6.41. The van der Waals surface area contributed by atoms with Gasteiger partial charge in [-0.2, -0.15) is 4.98 Å². The number of nitrogens with one attached hydrogen (secondary N) is 1. The number of rotatable bonds is 3. The average molecular weight is 357 g/mol. The van der Waals surface area contributed by atoms with Crippen molar-refractivity contribution in [2.45, 2.75) is 18.9 Å². The summed E-state index contributed by atoms with van der Waals surface area (Å²) in [7, 11) is -2.89. The number of nitrogens with zero attached hydrogens (tertiary/aromatic N) is 3. The third-order valence-corrected chi connectivity index (χ3v) is 6.34. The largest absolute Gasteiger partial charge is 0.368 e. The van der Waals surface area contributed by atoms with Crippen LogP contribution in [0.1, 0.15) is 18.4 Å². The second-order valence-corrected chi connectivity index (χ2v) is 8.72. The summed E-state index contributed by atoms with van der Waals surface area (Å²) in [5.74, 6) is 1.28. The molecule has 0 aliphatic carbocycles. The lowest BCUT2D eigenvalue weighted by Crippen LogP contribution is -2.32. The van der Waals surface area contributed by atoms with Crippen molar-refractivity contribution < 1.29 is 8.42 Å². The molecule has 7 nitrogen and oxygen atoms in total. The normalized spacial score (nSPS) is 19.9. The lowest BCUT2D eigenvalue weighted by molar-refractivity contribution is 0.559. The Hall–Kier alpha value is -2.48. The van der Waals surface area contributed by atoms with Crippen molar-refractivity contribution in [2.75, 3.05) is 29.1 Å². The predicted molar refractivity (Wildman–Crippen MR) is 101 cm³/mol. The first-order valence-corrected chi connectivity index (χ1v) is 10.1. The molecule has 0 bridgehead atoms. The van der Waals surface area contributed by atoms with Gasteiger partial charge in [0.25, 0.3) is 0 Å².